The van der Waals surface area contributed by atoms with E-state index >= 15 is 0 Å². The first-order valence-electron chi connectivity index (χ1n) is 9.34. The van der Waals surface area contributed by atoms with Gasteiger partial charge in [0.05, 0.1) is 13.1 Å². The molecule has 2 aliphatic rings. The van der Waals surface area contributed by atoms with Gasteiger partial charge in [0.15, 0.2) is 0 Å². The van der Waals surface area contributed by atoms with Crippen LogP contribution in [0.25, 0.3) is 0 Å². The number of nitrogens with one attached hydrogen (secondary N) is 2. The maximum absolute atomic E-state index is 11.9. The van der Waals surface area contributed by atoms with E-state index in [1.807, 2.05) is 4.90 Å². The van der Waals surface area contributed by atoms with Crippen molar-refractivity contribution >= 4 is 11.8 Å². The van der Waals surface area contributed by atoms with E-state index in [2.05, 4.69) is 24.5 Å². The summed E-state index contributed by atoms with van der Waals surface area (Å²) >= 11 is 0. The first-order chi connectivity index (χ1) is 11.1. The van der Waals surface area contributed by atoms with Crippen LogP contribution in [0.2, 0.25) is 0 Å². The maximum Gasteiger partial charge on any atom is 0.241 e. The molecule has 2 N–H and O–H groups in total. The molecular weight excluding hydrogens is 290 g/mol. The second-order valence-electron chi connectivity index (χ2n) is 7.51. The maximum atomic E-state index is 11.9. The normalized spacial score (nSPS) is 24.4. The summed E-state index contributed by atoms with van der Waals surface area (Å²) in [6.07, 6.45) is 8.39. The van der Waals surface area contributed by atoms with Crippen molar-refractivity contribution in [3.8, 4) is 0 Å². The largest absolute Gasteiger partial charge is 0.346 e. The summed E-state index contributed by atoms with van der Waals surface area (Å²) in [4.78, 5) is 25.7. The predicted molar refractivity (Wildman–Crippen MR) is 92.0 cm³/mol. The molecule has 0 bridgehead atoms. The zero-order chi connectivity index (χ0) is 16.7. The minimum absolute atomic E-state index is 0.0477. The van der Waals surface area contributed by atoms with Gasteiger partial charge in [0, 0.05) is 19.1 Å². The van der Waals surface area contributed by atoms with Crippen LogP contribution < -0.4 is 10.6 Å². The number of likely N-dealkylation sites (tertiary alicyclic amines) is 1. The number of carbonyl (C=O) groups is 2. The van der Waals surface area contributed by atoms with Gasteiger partial charge in [0.1, 0.15) is 0 Å². The van der Waals surface area contributed by atoms with E-state index in [-0.39, 0.29) is 18.4 Å². The van der Waals surface area contributed by atoms with Crippen molar-refractivity contribution in [2.75, 3.05) is 26.2 Å². The van der Waals surface area contributed by atoms with Crippen molar-refractivity contribution in [2.24, 2.45) is 11.8 Å². The van der Waals surface area contributed by atoms with Gasteiger partial charge in [-0.2, -0.15) is 0 Å². The number of rotatable bonds is 8. The SMILES string of the molecule is CC(C)CC[C@H]1CCC[C@@H]1NCC(=O)NCC(=O)N1CCCC1. The highest BCUT2D eigenvalue weighted by atomic mass is 16.2. The van der Waals surface area contributed by atoms with Crippen LogP contribution in [0, 0.1) is 11.8 Å². The molecule has 2 fully saturated rings. The fraction of sp³-hybridized carbons (Fsp3) is 0.889. The molecule has 0 aromatic heterocycles. The molecule has 2 amide bonds. The van der Waals surface area contributed by atoms with Gasteiger partial charge in [-0.25, -0.2) is 0 Å². The zero-order valence-corrected chi connectivity index (χ0v) is 14.8. The quantitative estimate of drug-likeness (QED) is 0.717. The lowest BCUT2D eigenvalue weighted by atomic mass is 9.94. The summed E-state index contributed by atoms with van der Waals surface area (Å²) in [6.45, 7) is 6.68. The van der Waals surface area contributed by atoms with Crippen LogP contribution >= 0.6 is 0 Å². The number of hydrogen-bond donors (Lipinski definition) is 2. The summed E-state index contributed by atoms with van der Waals surface area (Å²) < 4.78 is 0. The lowest BCUT2D eigenvalue weighted by Gasteiger charge is -2.22. The highest BCUT2D eigenvalue weighted by Crippen LogP contribution is 2.30. The minimum Gasteiger partial charge on any atom is -0.346 e. The van der Waals surface area contributed by atoms with E-state index in [4.69, 9.17) is 0 Å². The van der Waals surface area contributed by atoms with Crippen molar-refractivity contribution in [1.29, 1.82) is 0 Å². The van der Waals surface area contributed by atoms with E-state index in [1.54, 1.807) is 0 Å². The molecule has 0 spiro atoms. The summed E-state index contributed by atoms with van der Waals surface area (Å²) in [7, 11) is 0. The topological polar surface area (TPSA) is 61.4 Å². The van der Waals surface area contributed by atoms with Crippen LogP contribution in [0.5, 0.6) is 0 Å². The number of amides is 2. The smallest absolute Gasteiger partial charge is 0.241 e. The molecule has 1 saturated heterocycles. The molecule has 1 aliphatic carbocycles. The minimum atomic E-state index is -0.0629. The van der Waals surface area contributed by atoms with Crippen LogP contribution in [0.1, 0.15) is 58.8 Å². The average Bonchev–Trinajstić information content (AvgIpc) is 3.19. The predicted octanol–water partition coefficient (Wildman–Crippen LogP) is 1.92. The second kappa shape index (κ2) is 9.26. The molecule has 1 aliphatic heterocycles. The van der Waals surface area contributed by atoms with Crippen LogP contribution in [-0.2, 0) is 9.59 Å². The monoisotopic (exact) mass is 323 g/mol. The van der Waals surface area contributed by atoms with Crippen molar-refractivity contribution in [2.45, 2.75) is 64.8 Å². The molecule has 132 valence electrons. The molecule has 2 atom stereocenters. The summed E-state index contributed by atoms with van der Waals surface area (Å²) in [5, 5.41) is 6.17. The fourth-order valence-electron chi connectivity index (χ4n) is 3.74. The Kier molecular flexibility index (Phi) is 7.34. The van der Waals surface area contributed by atoms with Crippen molar-refractivity contribution < 1.29 is 9.59 Å². The van der Waals surface area contributed by atoms with Crippen LogP contribution in [0.4, 0.5) is 0 Å². The molecule has 23 heavy (non-hydrogen) atoms. The molecule has 0 radical (unpaired) electrons. The molecule has 1 heterocycles. The highest BCUT2D eigenvalue weighted by molar-refractivity contribution is 5.85. The summed E-state index contributed by atoms with van der Waals surface area (Å²) in [6, 6.07) is 0.466. The lowest BCUT2D eigenvalue weighted by Crippen LogP contribution is -2.44. The Morgan fingerprint density at radius 1 is 1.09 bits per heavy atom. The third-order valence-corrected chi connectivity index (χ3v) is 5.19. The summed E-state index contributed by atoms with van der Waals surface area (Å²) in [5.74, 6) is 1.44. The average molecular weight is 323 g/mol. The van der Waals surface area contributed by atoms with Crippen LogP contribution in [-0.4, -0.2) is 48.9 Å². The van der Waals surface area contributed by atoms with E-state index in [9.17, 15) is 9.59 Å². The van der Waals surface area contributed by atoms with E-state index in [0.717, 1.165) is 31.8 Å². The standard InChI is InChI=1S/C18H33N3O2/c1-14(2)8-9-15-6-5-7-16(15)19-12-17(22)20-13-18(23)21-10-3-4-11-21/h14-16,19H,3-13H2,1-2H3,(H,20,22)/t15-,16+/m1/s1. The number of nitrogens with zero attached hydrogens (tertiary/aromatic N) is 1. The van der Waals surface area contributed by atoms with Crippen molar-refractivity contribution in [3.63, 3.8) is 0 Å². The van der Waals surface area contributed by atoms with Gasteiger partial charge in [0.2, 0.25) is 11.8 Å². The van der Waals surface area contributed by atoms with Crippen molar-refractivity contribution in [1.82, 2.24) is 15.5 Å². The Bertz CT molecular complexity index is 392. The Morgan fingerprint density at radius 2 is 1.83 bits per heavy atom. The van der Waals surface area contributed by atoms with E-state index < -0.39 is 0 Å². The number of hydrogen-bond acceptors (Lipinski definition) is 3. The Hall–Kier alpha value is -1.10. The molecule has 0 aromatic carbocycles. The Balaban J connectivity index is 1.62. The fourth-order valence-corrected chi connectivity index (χ4v) is 3.74. The molecule has 2 rings (SSSR count). The third-order valence-electron chi connectivity index (χ3n) is 5.19. The third kappa shape index (κ3) is 6.13. The van der Waals surface area contributed by atoms with Gasteiger partial charge in [-0.15, -0.1) is 0 Å². The first kappa shape index (κ1) is 18.2. The highest BCUT2D eigenvalue weighted by Gasteiger charge is 2.27. The Morgan fingerprint density at radius 3 is 2.52 bits per heavy atom. The van der Waals surface area contributed by atoms with Gasteiger partial charge in [0.25, 0.3) is 0 Å². The zero-order valence-electron chi connectivity index (χ0n) is 14.8. The van der Waals surface area contributed by atoms with Gasteiger partial charge in [-0.1, -0.05) is 26.7 Å². The molecule has 5 heteroatoms. The molecule has 1 saturated carbocycles. The molecular formula is C18H33N3O2. The van der Waals surface area contributed by atoms with Crippen LogP contribution in [0.15, 0.2) is 0 Å². The lowest BCUT2D eigenvalue weighted by molar-refractivity contribution is -0.131. The molecule has 0 aromatic rings. The van der Waals surface area contributed by atoms with Crippen LogP contribution in [0.3, 0.4) is 0 Å². The first-order valence-corrected chi connectivity index (χ1v) is 9.34. The molecule has 0 unspecified atom stereocenters. The number of carbonyl (C=O) groups excluding carboxylic acids is 2. The summed E-state index contributed by atoms with van der Waals surface area (Å²) in [5.41, 5.74) is 0. The van der Waals surface area contributed by atoms with E-state index in [0.29, 0.717) is 18.5 Å². The molecule has 5 nitrogen and oxygen atoms in total. The Labute approximate surface area is 140 Å². The van der Waals surface area contributed by atoms with Crippen molar-refractivity contribution in [3.05, 3.63) is 0 Å². The van der Waals surface area contributed by atoms with E-state index in [1.165, 1.54) is 32.1 Å². The van der Waals surface area contributed by atoms with Gasteiger partial charge >= 0.3 is 0 Å². The van der Waals surface area contributed by atoms with Gasteiger partial charge < -0.3 is 15.5 Å². The van der Waals surface area contributed by atoms with Gasteiger partial charge in [-0.05, 0) is 43.9 Å². The van der Waals surface area contributed by atoms with Gasteiger partial charge in [-0.3, -0.25) is 9.59 Å². The second-order valence-corrected chi connectivity index (χ2v) is 7.51.